The second kappa shape index (κ2) is 4.72. The molecule has 0 spiro atoms. The SMILES string of the molecule is Oc1ccc(Cl)cc1N=Nc1ccccn1. The number of nitrogens with zero attached hydrogens (tertiary/aromatic N) is 3. The Kier molecular flexibility index (Phi) is 3.12. The van der Waals surface area contributed by atoms with E-state index in [-0.39, 0.29) is 5.75 Å². The summed E-state index contributed by atoms with van der Waals surface area (Å²) in [7, 11) is 0. The van der Waals surface area contributed by atoms with Gasteiger partial charge in [-0.05, 0) is 30.3 Å². The zero-order valence-corrected chi connectivity index (χ0v) is 8.96. The summed E-state index contributed by atoms with van der Waals surface area (Å²) in [4.78, 5) is 3.97. The summed E-state index contributed by atoms with van der Waals surface area (Å²) >= 11 is 5.77. The lowest BCUT2D eigenvalue weighted by Crippen LogP contribution is -1.71. The number of pyridine rings is 1. The smallest absolute Gasteiger partial charge is 0.174 e. The van der Waals surface area contributed by atoms with Crippen LogP contribution in [0.2, 0.25) is 5.02 Å². The topological polar surface area (TPSA) is 57.8 Å². The van der Waals surface area contributed by atoms with E-state index in [1.165, 1.54) is 12.1 Å². The Morgan fingerprint density at radius 2 is 2.00 bits per heavy atom. The first-order valence-electron chi connectivity index (χ1n) is 4.57. The summed E-state index contributed by atoms with van der Waals surface area (Å²) in [6.45, 7) is 0. The molecule has 0 aliphatic rings. The number of hydrogen-bond acceptors (Lipinski definition) is 4. The Morgan fingerprint density at radius 3 is 2.75 bits per heavy atom. The van der Waals surface area contributed by atoms with Gasteiger partial charge < -0.3 is 5.11 Å². The van der Waals surface area contributed by atoms with Gasteiger partial charge in [-0.25, -0.2) is 4.98 Å². The number of phenols is 1. The average Bonchev–Trinajstić information content (AvgIpc) is 2.32. The number of benzene rings is 1. The molecule has 2 rings (SSSR count). The van der Waals surface area contributed by atoms with Gasteiger partial charge in [-0.1, -0.05) is 17.7 Å². The first kappa shape index (κ1) is 10.6. The monoisotopic (exact) mass is 233 g/mol. The number of azo groups is 1. The fourth-order valence-corrected chi connectivity index (χ4v) is 1.26. The maximum Gasteiger partial charge on any atom is 0.174 e. The molecule has 0 radical (unpaired) electrons. The fraction of sp³-hybridized carbons (Fsp3) is 0. The number of aromatic hydroxyl groups is 1. The molecule has 5 heteroatoms. The summed E-state index contributed by atoms with van der Waals surface area (Å²) in [5.41, 5.74) is 0.318. The highest BCUT2D eigenvalue weighted by Gasteiger charge is 2.00. The third-order valence-corrected chi connectivity index (χ3v) is 2.08. The Bertz CT molecular complexity index is 514. The molecule has 0 aliphatic carbocycles. The van der Waals surface area contributed by atoms with E-state index in [2.05, 4.69) is 15.2 Å². The van der Waals surface area contributed by atoms with Crippen molar-refractivity contribution in [3.63, 3.8) is 0 Å². The molecule has 0 bridgehead atoms. The minimum absolute atomic E-state index is 0.0316. The van der Waals surface area contributed by atoms with Crippen molar-refractivity contribution in [2.24, 2.45) is 10.2 Å². The highest BCUT2D eigenvalue weighted by atomic mass is 35.5. The fourth-order valence-electron chi connectivity index (χ4n) is 1.09. The molecule has 16 heavy (non-hydrogen) atoms. The van der Waals surface area contributed by atoms with Gasteiger partial charge >= 0.3 is 0 Å². The molecule has 0 saturated carbocycles. The molecular weight excluding hydrogens is 226 g/mol. The minimum atomic E-state index is 0.0316. The second-order valence-corrected chi connectivity index (χ2v) is 3.46. The lowest BCUT2D eigenvalue weighted by atomic mass is 10.3. The van der Waals surface area contributed by atoms with E-state index >= 15 is 0 Å². The minimum Gasteiger partial charge on any atom is -0.506 e. The molecule has 0 fully saturated rings. The van der Waals surface area contributed by atoms with Crippen LogP contribution in [0.5, 0.6) is 5.75 Å². The van der Waals surface area contributed by atoms with Crippen LogP contribution in [0, 0.1) is 0 Å². The van der Waals surface area contributed by atoms with Gasteiger partial charge in [0.05, 0.1) is 0 Å². The van der Waals surface area contributed by atoms with Crippen molar-refractivity contribution in [3.05, 3.63) is 47.6 Å². The van der Waals surface area contributed by atoms with Gasteiger partial charge in [0, 0.05) is 11.2 Å². The van der Waals surface area contributed by atoms with Crippen molar-refractivity contribution in [2.75, 3.05) is 0 Å². The van der Waals surface area contributed by atoms with Gasteiger partial charge in [0.2, 0.25) is 0 Å². The van der Waals surface area contributed by atoms with Crippen LogP contribution in [0.1, 0.15) is 0 Å². The van der Waals surface area contributed by atoms with Crippen molar-refractivity contribution in [2.45, 2.75) is 0 Å². The van der Waals surface area contributed by atoms with Crippen LogP contribution in [0.15, 0.2) is 52.8 Å². The Balaban J connectivity index is 2.27. The predicted molar refractivity (Wildman–Crippen MR) is 61.5 cm³/mol. The van der Waals surface area contributed by atoms with E-state index in [1.807, 2.05) is 0 Å². The lowest BCUT2D eigenvalue weighted by Gasteiger charge is -1.97. The van der Waals surface area contributed by atoms with Crippen LogP contribution in [-0.2, 0) is 0 Å². The molecule has 1 aromatic heterocycles. The molecule has 0 aliphatic heterocycles. The molecule has 0 unspecified atom stereocenters. The molecule has 1 N–H and O–H groups in total. The number of phenolic OH excluding ortho intramolecular Hbond substituents is 1. The summed E-state index contributed by atoms with van der Waals surface area (Å²) in [5.74, 6) is 0.506. The van der Waals surface area contributed by atoms with Crippen molar-refractivity contribution in [1.82, 2.24) is 4.98 Å². The molecule has 4 nitrogen and oxygen atoms in total. The predicted octanol–water partition coefficient (Wildman–Crippen LogP) is 3.86. The van der Waals surface area contributed by atoms with E-state index in [4.69, 9.17) is 11.6 Å². The van der Waals surface area contributed by atoms with E-state index in [0.717, 1.165) is 0 Å². The average molecular weight is 234 g/mol. The highest BCUT2D eigenvalue weighted by Crippen LogP contribution is 2.30. The van der Waals surface area contributed by atoms with E-state index in [1.54, 1.807) is 30.5 Å². The Morgan fingerprint density at radius 1 is 1.12 bits per heavy atom. The van der Waals surface area contributed by atoms with Crippen LogP contribution in [0.3, 0.4) is 0 Å². The maximum atomic E-state index is 9.48. The first-order chi connectivity index (χ1) is 7.75. The van der Waals surface area contributed by atoms with Gasteiger partial charge in [-0.15, -0.1) is 10.2 Å². The Labute approximate surface area is 97.3 Å². The molecule has 80 valence electrons. The summed E-state index contributed by atoms with van der Waals surface area (Å²) in [5, 5.41) is 17.7. The number of hydrogen-bond donors (Lipinski definition) is 1. The van der Waals surface area contributed by atoms with E-state index in [9.17, 15) is 5.11 Å². The molecule has 1 aromatic carbocycles. The van der Waals surface area contributed by atoms with Crippen molar-refractivity contribution >= 4 is 23.1 Å². The van der Waals surface area contributed by atoms with Crippen molar-refractivity contribution in [1.29, 1.82) is 0 Å². The standard InChI is InChI=1S/C11H8ClN3O/c12-8-4-5-10(16)9(7-8)14-15-11-3-1-2-6-13-11/h1-7,16H. The van der Waals surface area contributed by atoms with Gasteiger partial charge in [-0.2, -0.15) is 0 Å². The number of rotatable bonds is 2. The zero-order valence-electron chi connectivity index (χ0n) is 8.21. The third-order valence-electron chi connectivity index (χ3n) is 1.85. The van der Waals surface area contributed by atoms with Gasteiger partial charge in [-0.3, -0.25) is 0 Å². The second-order valence-electron chi connectivity index (χ2n) is 3.02. The Hall–Kier alpha value is -1.94. The molecule has 0 saturated heterocycles. The number of halogens is 1. The van der Waals surface area contributed by atoms with Crippen LogP contribution < -0.4 is 0 Å². The summed E-state index contributed by atoms with van der Waals surface area (Å²) < 4.78 is 0. The van der Waals surface area contributed by atoms with Crippen LogP contribution in [0.4, 0.5) is 11.5 Å². The highest BCUT2D eigenvalue weighted by molar-refractivity contribution is 6.30. The van der Waals surface area contributed by atoms with Crippen LogP contribution in [-0.4, -0.2) is 10.1 Å². The maximum absolute atomic E-state index is 9.48. The van der Waals surface area contributed by atoms with E-state index < -0.39 is 0 Å². The molecule has 1 heterocycles. The van der Waals surface area contributed by atoms with E-state index in [0.29, 0.717) is 16.5 Å². The summed E-state index contributed by atoms with van der Waals surface area (Å²) in [6.07, 6.45) is 1.62. The van der Waals surface area contributed by atoms with Gasteiger partial charge in [0.25, 0.3) is 0 Å². The third kappa shape index (κ3) is 2.55. The lowest BCUT2D eigenvalue weighted by molar-refractivity contribution is 0.476. The summed E-state index contributed by atoms with van der Waals surface area (Å²) in [6, 6.07) is 9.88. The largest absolute Gasteiger partial charge is 0.506 e. The molecule has 0 atom stereocenters. The normalized spacial score (nSPS) is 10.8. The molecule has 0 amide bonds. The molecule has 2 aromatic rings. The van der Waals surface area contributed by atoms with Crippen LogP contribution in [0.25, 0.3) is 0 Å². The van der Waals surface area contributed by atoms with Crippen molar-refractivity contribution in [3.8, 4) is 5.75 Å². The number of aromatic nitrogens is 1. The zero-order chi connectivity index (χ0) is 11.4. The van der Waals surface area contributed by atoms with Gasteiger partial charge in [0.15, 0.2) is 5.82 Å². The van der Waals surface area contributed by atoms with Gasteiger partial charge in [0.1, 0.15) is 11.4 Å². The molecular formula is C11H8ClN3O. The quantitative estimate of drug-likeness (QED) is 0.801. The van der Waals surface area contributed by atoms with Crippen LogP contribution >= 0.6 is 11.6 Å². The van der Waals surface area contributed by atoms with Crippen molar-refractivity contribution < 1.29 is 5.11 Å². The first-order valence-corrected chi connectivity index (χ1v) is 4.95.